The molecule has 0 unspecified atom stereocenters. The second-order valence-electron chi connectivity index (χ2n) is 6.31. The number of amides is 1. The third-order valence-corrected chi connectivity index (χ3v) is 4.65. The van der Waals surface area contributed by atoms with Crippen LogP contribution in [0.25, 0.3) is 0 Å². The SMILES string of the molecule is N#CC1(c2cccc(Cc3ccc(NC(=O)O)cc3)c2)CCOCC1. The second-order valence-corrected chi connectivity index (χ2v) is 6.31. The summed E-state index contributed by atoms with van der Waals surface area (Å²) in [6.07, 6.45) is 1.11. The zero-order chi connectivity index (χ0) is 17.7. The number of ether oxygens (including phenoxy) is 1. The van der Waals surface area contributed by atoms with Crippen molar-refractivity contribution in [3.05, 3.63) is 65.2 Å². The summed E-state index contributed by atoms with van der Waals surface area (Å²) >= 11 is 0. The molecule has 0 aromatic heterocycles. The number of nitrogens with zero attached hydrogens (tertiary/aromatic N) is 1. The maximum absolute atomic E-state index is 10.6. The average molecular weight is 336 g/mol. The molecule has 1 amide bonds. The summed E-state index contributed by atoms with van der Waals surface area (Å²) in [5.74, 6) is 0. The predicted octanol–water partition coefficient (Wildman–Crippen LogP) is 3.94. The highest BCUT2D eigenvalue weighted by molar-refractivity contribution is 5.82. The molecule has 1 aliphatic heterocycles. The number of nitriles is 1. The fourth-order valence-electron chi connectivity index (χ4n) is 3.23. The van der Waals surface area contributed by atoms with Crippen LogP contribution in [0.5, 0.6) is 0 Å². The molecule has 0 atom stereocenters. The van der Waals surface area contributed by atoms with E-state index in [2.05, 4.69) is 23.5 Å². The summed E-state index contributed by atoms with van der Waals surface area (Å²) in [4.78, 5) is 10.6. The van der Waals surface area contributed by atoms with Crippen molar-refractivity contribution in [3.63, 3.8) is 0 Å². The molecule has 0 bridgehead atoms. The lowest BCUT2D eigenvalue weighted by molar-refractivity contribution is 0.0675. The molecule has 3 rings (SSSR count). The molecule has 2 N–H and O–H groups in total. The Morgan fingerprint density at radius 2 is 1.88 bits per heavy atom. The van der Waals surface area contributed by atoms with Gasteiger partial charge < -0.3 is 9.84 Å². The van der Waals surface area contributed by atoms with Crippen LogP contribution in [0.1, 0.15) is 29.5 Å². The van der Waals surface area contributed by atoms with Crippen LogP contribution in [-0.2, 0) is 16.6 Å². The van der Waals surface area contributed by atoms with Gasteiger partial charge >= 0.3 is 6.09 Å². The number of hydrogen-bond acceptors (Lipinski definition) is 3. The van der Waals surface area contributed by atoms with E-state index in [-0.39, 0.29) is 0 Å². The predicted molar refractivity (Wildman–Crippen MR) is 94.7 cm³/mol. The first-order chi connectivity index (χ1) is 12.1. The van der Waals surface area contributed by atoms with Crippen molar-refractivity contribution in [2.24, 2.45) is 0 Å². The standard InChI is InChI=1S/C20H20N2O3/c21-14-20(8-10-25-11-9-20)17-3-1-2-16(13-17)12-15-4-6-18(7-5-15)22-19(23)24/h1-7,13,22H,8-12H2,(H,23,24). The summed E-state index contributed by atoms with van der Waals surface area (Å²) in [5.41, 5.74) is 3.38. The third-order valence-electron chi connectivity index (χ3n) is 4.65. The Bertz CT molecular complexity index is 787. The van der Waals surface area contributed by atoms with E-state index in [0.29, 0.717) is 18.9 Å². The van der Waals surface area contributed by atoms with Crippen molar-refractivity contribution < 1.29 is 14.6 Å². The van der Waals surface area contributed by atoms with Crippen LogP contribution in [0.3, 0.4) is 0 Å². The molecule has 1 aliphatic rings. The molecule has 5 heteroatoms. The van der Waals surface area contributed by atoms with Crippen LogP contribution in [0.2, 0.25) is 0 Å². The summed E-state index contributed by atoms with van der Waals surface area (Å²) in [7, 11) is 0. The van der Waals surface area contributed by atoms with Crippen LogP contribution in [0.15, 0.2) is 48.5 Å². The first-order valence-corrected chi connectivity index (χ1v) is 8.29. The Morgan fingerprint density at radius 1 is 1.16 bits per heavy atom. The van der Waals surface area contributed by atoms with Gasteiger partial charge in [-0.2, -0.15) is 5.26 Å². The molecule has 2 aromatic rings. The smallest absolute Gasteiger partial charge is 0.409 e. The second kappa shape index (κ2) is 7.37. The van der Waals surface area contributed by atoms with Gasteiger partial charge in [-0.3, -0.25) is 5.32 Å². The van der Waals surface area contributed by atoms with E-state index in [1.807, 2.05) is 24.3 Å². The van der Waals surface area contributed by atoms with E-state index in [1.54, 1.807) is 12.1 Å². The minimum atomic E-state index is -1.07. The molecule has 25 heavy (non-hydrogen) atoms. The fraction of sp³-hybridized carbons (Fsp3) is 0.300. The van der Waals surface area contributed by atoms with Gasteiger partial charge in [-0.05, 0) is 48.1 Å². The Morgan fingerprint density at radius 3 is 2.52 bits per heavy atom. The molecule has 0 radical (unpaired) electrons. The van der Waals surface area contributed by atoms with E-state index in [9.17, 15) is 10.1 Å². The first kappa shape index (κ1) is 17.0. The zero-order valence-corrected chi connectivity index (χ0v) is 13.9. The van der Waals surface area contributed by atoms with Crippen LogP contribution in [0, 0.1) is 11.3 Å². The molecule has 0 aliphatic carbocycles. The van der Waals surface area contributed by atoms with Gasteiger partial charge in [0.25, 0.3) is 0 Å². The van der Waals surface area contributed by atoms with Crippen molar-refractivity contribution in [2.75, 3.05) is 18.5 Å². The van der Waals surface area contributed by atoms with Gasteiger partial charge in [-0.25, -0.2) is 4.79 Å². The van der Waals surface area contributed by atoms with Crippen LogP contribution < -0.4 is 5.32 Å². The number of benzene rings is 2. The lowest BCUT2D eigenvalue weighted by Gasteiger charge is -2.31. The molecule has 128 valence electrons. The van der Waals surface area contributed by atoms with E-state index in [4.69, 9.17) is 9.84 Å². The monoisotopic (exact) mass is 336 g/mol. The first-order valence-electron chi connectivity index (χ1n) is 8.29. The van der Waals surface area contributed by atoms with Crippen LogP contribution >= 0.6 is 0 Å². The number of nitrogens with one attached hydrogen (secondary N) is 1. The highest BCUT2D eigenvalue weighted by atomic mass is 16.5. The van der Waals surface area contributed by atoms with Gasteiger partial charge in [0.05, 0.1) is 11.5 Å². The quantitative estimate of drug-likeness (QED) is 0.886. The highest BCUT2D eigenvalue weighted by Crippen LogP contribution is 2.34. The maximum atomic E-state index is 10.6. The van der Waals surface area contributed by atoms with Gasteiger partial charge in [0.15, 0.2) is 0 Å². The lowest BCUT2D eigenvalue weighted by Crippen LogP contribution is -2.32. The summed E-state index contributed by atoms with van der Waals surface area (Å²) < 4.78 is 5.41. The zero-order valence-electron chi connectivity index (χ0n) is 13.9. The summed E-state index contributed by atoms with van der Waals surface area (Å²) in [6.45, 7) is 1.24. The van der Waals surface area contributed by atoms with Crippen molar-refractivity contribution in [1.29, 1.82) is 5.26 Å². The lowest BCUT2D eigenvalue weighted by atomic mass is 9.75. The number of carbonyl (C=O) groups is 1. The van der Waals surface area contributed by atoms with Crippen molar-refractivity contribution in [1.82, 2.24) is 0 Å². The van der Waals surface area contributed by atoms with Gasteiger partial charge in [-0.15, -0.1) is 0 Å². The highest BCUT2D eigenvalue weighted by Gasteiger charge is 2.34. The van der Waals surface area contributed by atoms with Gasteiger partial charge in [0.2, 0.25) is 0 Å². The average Bonchev–Trinajstić information content (AvgIpc) is 2.64. The van der Waals surface area contributed by atoms with Gasteiger partial charge in [0, 0.05) is 18.9 Å². The molecule has 5 nitrogen and oxygen atoms in total. The minimum absolute atomic E-state index is 0.455. The topological polar surface area (TPSA) is 82.4 Å². The third kappa shape index (κ3) is 3.98. The summed E-state index contributed by atoms with van der Waals surface area (Å²) in [5, 5.41) is 20.8. The van der Waals surface area contributed by atoms with Crippen LogP contribution in [-0.4, -0.2) is 24.4 Å². The number of anilines is 1. The molecular weight excluding hydrogens is 316 g/mol. The van der Waals surface area contributed by atoms with Crippen molar-refractivity contribution in [3.8, 4) is 6.07 Å². The largest absolute Gasteiger partial charge is 0.465 e. The Kier molecular flexibility index (Phi) is 5.01. The minimum Gasteiger partial charge on any atom is -0.465 e. The number of hydrogen-bond donors (Lipinski definition) is 2. The molecule has 1 saturated heterocycles. The Balaban J connectivity index is 1.78. The van der Waals surface area contributed by atoms with E-state index >= 15 is 0 Å². The summed E-state index contributed by atoms with van der Waals surface area (Å²) in [6, 6.07) is 18.0. The Labute approximate surface area is 146 Å². The molecule has 1 fully saturated rings. The maximum Gasteiger partial charge on any atom is 0.409 e. The fourth-order valence-corrected chi connectivity index (χ4v) is 3.23. The van der Waals surface area contributed by atoms with Gasteiger partial charge in [-0.1, -0.05) is 36.4 Å². The molecular formula is C20H20N2O3. The number of rotatable bonds is 4. The number of carboxylic acid groups (broad SMARTS) is 1. The van der Waals surface area contributed by atoms with E-state index in [1.165, 1.54) is 0 Å². The van der Waals surface area contributed by atoms with E-state index < -0.39 is 11.5 Å². The molecule has 1 heterocycles. The molecule has 2 aromatic carbocycles. The molecule has 0 spiro atoms. The normalized spacial score (nSPS) is 16.0. The molecule has 0 saturated carbocycles. The van der Waals surface area contributed by atoms with Gasteiger partial charge in [0.1, 0.15) is 0 Å². The van der Waals surface area contributed by atoms with Crippen molar-refractivity contribution in [2.45, 2.75) is 24.7 Å². The Hall–Kier alpha value is -2.84. The van der Waals surface area contributed by atoms with Crippen LogP contribution in [0.4, 0.5) is 10.5 Å². The van der Waals surface area contributed by atoms with E-state index in [0.717, 1.165) is 36.0 Å². The van der Waals surface area contributed by atoms with Crippen molar-refractivity contribution >= 4 is 11.8 Å².